The maximum absolute atomic E-state index is 11.3. The molecule has 1 aliphatic rings. The third-order valence-electron chi connectivity index (χ3n) is 4.82. The van der Waals surface area contributed by atoms with Crippen molar-refractivity contribution in [1.29, 1.82) is 5.26 Å². The molecule has 0 unspecified atom stereocenters. The lowest BCUT2D eigenvalue weighted by molar-refractivity contribution is -0.123. The van der Waals surface area contributed by atoms with Gasteiger partial charge in [0.25, 0.3) is 0 Å². The molecule has 28 heavy (non-hydrogen) atoms. The Morgan fingerprint density at radius 3 is 3.04 bits per heavy atom. The van der Waals surface area contributed by atoms with Gasteiger partial charge in [0.2, 0.25) is 11.6 Å². The number of nitrogens with zero attached hydrogens (tertiary/aromatic N) is 4. The van der Waals surface area contributed by atoms with Crippen molar-refractivity contribution in [3.05, 3.63) is 40.6 Å². The minimum atomic E-state index is -0.161. The number of hydrogen-bond donors (Lipinski definition) is 2. The van der Waals surface area contributed by atoms with Crippen LogP contribution >= 0.6 is 0 Å². The van der Waals surface area contributed by atoms with Crippen molar-refractivity contribution in [2.45, 2.75) is 32.3 Å². The van der Waals surface area contributed by atoms with Gasteiger partial charge in [-0.25, -0.2) is 9.61 Å². The number of aromatic nitrogens is 3. The van der Waals surface area contributed by atoms with Gasteiger partial charge in [-0.05, 0) is 41.4 Å². The molecular formula is C19H18N6O3. The first-order valence-electron chi connectivity index (χ1n) is 8.88. The van der Waals surface area contributed by atoms with Crippen LogP contribution < -0.4 is 15.8 Å². The highest BCUT2D eigenvalue weighted by molar-refractivity contribution is 5.85. The Morgan fingerprint density at radius 1 is 1.43 bits per heavy atom. The van der Waals surface area contributed by atoms with Gasteiger partial charge >= 0.3 is 0 Å². The lowest BCUT2D eigenvalue weighted by Gasteiger charge is -2.24. The zero-order valence-electron chi connectivity index (χ0n) is 15.2. The lowest BCUT2D eigenvalue weighted by atomic mass is 10.00. The van der Waals surface area contributed by atoms with Gasteiger partial charge in [-0.2, -0.15) is 5.26 Å². The summed E-state index contributed by atoms with van der Waals surface area (Å²) in [4.78, 5) is 15.7. The Balaban J connectivity index is 1.62. The molecule has 9 heteroatoms. The molecule has 3 heterocycles. The first-order valence-corrected chi connectivity index (χ1v) is 8.88. The van der Waals surface area contributed by atoms with Gasteiger partial charge in [-0.15, -0.1) is 0 Å². The number of carbonyl (C=O) groups excluding carboxylic acids is 1. The molecule has 0 bridgehead atoms. The number of piperidine rings is 1. The zero-order valence-corrected chi connectivity index (χ0v) is 15.2. The Bertz CT molecular complexity index is 1090. The van der Waals surface area contributed by atoms with Crippen LogP contribution in [0.4, 0.5) is 5.69 Å². The number of aryl methyl sites for hydroxylation is 1. The number of benzene rings is 1. The first-order chi connectivity index (χ1) is 13.5. The second-order valence-corrected chi connectivity index (χ2v) is 6.73. The molecule has 1 fully saturated rings. The number of nitrogen functional groups attached to an aromatic ring is 1. The molecular weight excluding hydrogens is 360 g/mol. The quantitative estimate of drug-likeness (QED) is 0.698. The van der Waals surface area contributed by atoms with Crippen molar-refractivity contribution in [2.24, 2.45) is 0 Å². The Kier molecular flexibility index (Phi) is 4.53. The third-order valence-corrected chi connectivity index (χ3v) is 4.82. The molecule has 1 aliphatic heterocycles. The van der Waals surface area contributed by atoms with Crippen LogP contribution in [-0.2, 0) is 11.2 Å². The van der Waals surface area contributed by atoms with Gasteiger partial charge in [0.15, 0.2) is 5.52 Å². The number of nitrogens with two attached hydrogens (primary N) is 1. The highest BCUT2D eigenvalue weighted by atomic mass is 16.6. The van der Waals surface area contributed by atoms with E-state index in [1.165, 1.54) is 0 Å². The number of pyridine rings is 1. The Labute approximate surface area is 160 Å². The van der Waals surface area contributed by atoms with Gasteiger partial charge in [-0.1, -0.05) is 6.07 Å². The number of ether oxygens (including phenoxy) is 1. The average Bonchev–Trinajstić information content (AvgIpc) is 3.16. The highest BCUT2D eigenvalue weighted by Crippen LogP contribution is 2.28. The number of carbonyl (C=O) groups is 1. The number of rotatable bonds is 4. The van der Waals surface area contributed by atoms with Gasteiger partial charge in [0.05, 0.1) is 17.8 Å². The van der Waals surface area contributed by atoms with Crippen LogP contribution in [0.1, 0.15) is 35.2 Å². The molecule has 0 aliphatic carbocycles. The van der Waals surface area contributed by atoms with Crippen LogP contribution in [0, 0.1) is 18.3 Å². The molecule has 0 spiro atoms. The number of hydrogen-bond acceptors (Lipinski definition) is 8. The molecule has 0 radical (unpaired) electrons. The van der Waals surface area contributed by atoms with Crippen molar-refractivity contribution < 1.29 is 14.2 Å². The summed E-state index contributed by atoms with van der Waals surface area (Å²) in [5, 5.41) is 19.7. The molecule has 3 aromatic rings. The van der Waals surface area contributed by atoms with Gasteiger partial charge in [0, 0.05) is 24.1 Å². The first kappa shape index (κ1) is 17.7. The second-order valence-electron chi connectivity index (χ2n) is 6.73. The number of anilines is 1. The van der Waals surface area contributed by atoms with E-state index in [1.54, 1.807) is 6.07 Å². The van der Waals surface area contributed by atoms with Crippen LogP contribution in [0.5, 0.6) is 5.75 Å². The molecule has 1 amide bonds. The summed E-state index contributed by atoms with van der Waals surface area (Å²) >= 11 is 0. The number of nitrogens with one attached hydrogen (secondary N) is 1. The van der Waals surface area contributed by atoms with E-state index in [0.29, 0.717) is 54.0 Å². The number of nitriles is 1. The van der Waals surface area contributed by atoms with E-state index in [4.69, 9.17) is 15.1 Å². The molecule has 0 saturated carbocycles. The fourth-order valence-electron chi connectivity index (χ4n) is 3.28. The SMILES string of the molecule is Cc1nc2nonc2c(N)c1Cc1ccc(C#N)c(O[C@H]2CCC(=O)NC2)c1. The van der Waals surface area contributed by atoms with Gasteiger partial charge in [0.1, 0.15) is 17.9 Å². The second kappa shape index (κ2) is 7.15. The maximum Gasteiger partial charge on any atom is 0.226 e. The van der Waals surface area contributed by atoms with E-state index in [1.807, 2.05) is 19.1 Å². The molecule has 1 aromatic carbocycles. The molecule has 4 rings (SSSR count). The normalized spacial score (nSPS) is 16.6. The van der Waals surface area contributed by atoms with Crippen LogP contribution in [0.15, 0.2) is 22.8 Å². The zero-order chi connectivity index (χ0) is 19.7. The van der Waals surface area contributed by atoms with Gasteiger partial charge < -0.3 is 15.8 Å². The Morgan fingerprint density at radius 2 is 2.29 bits per heavy atom. The number of fused-ring (bicyclic) bond motifs is 1. The maximum atomic E-state index is 11.3. The van der Waals surface area contributed by atoms with Crippen molar-refractivity contribution in [1.82, 2.24) is 20.6 Å². The van der Waals surface area contributed by atoms with E-state index >= 15 is 0 Å². The van der Waals surface area contributed by atoms with Crippen LogP contribution in [0.25, 0.3) is 11.2 Å². The van der Waals surface area contributed by atoms with Crippen molar-refractivity contribution in [2.75, 3.05) is 12.3 Å². The van der Waals surface area contributed by atoms with E-state index in [2.05, 4.69) is 26.7 Å². The summed E-state index contributed by atoms with van der Waals surface area (Å²) in [5.74, 6) is 0.514. The smallest absolute Gasteiger partial charge is 0.226 e. The fraction of sp³-hybridized carbons (Fsp3) is 0.316. The van der Waals surface area contributed by atoms with E-state index in [-0.39, 0.29) is 12.0 Å². The van der Waals surface area contributed by atoms with Crippen molar-refractivity contribution >= 4 is 22.8 Å². The summed E-state index contributed by atoms with van der Waals surface area (Å²) in [6.07, 6.45) is 1.37. The minimum absolute atomic E-state index is 0.0188. The predicted octanol–water partition coefficient (Wildman–Crippen LogP) is 1.63. The summed E-state index contributed by atoms with van der Waals surface area (Å²) in [7, 11) is 0. The lowest BCUT2D eigenvalue weighted by Crippen LogP contribution is -2.40. The summed E-state index contributed by atoms with van der Waals surface area (Å²) in [6, 6.07) is 7.56. The van der Waals surface area contributed by atoms with Crippen LogP contribution in [0.2, 0.25) is 0 Å². The molecule has 1 saturated heterocycles. The van der Waals surface area contributed by atoms with Crippen molar-refractivity contribution in [3.63, 3.8) is 0 Å². The molecule has 2 aromatic heterocycles. The summed E-state index contributed by atoms with van der Waals surface area (Å²) < 4.78 is 10.7. The van der Waals surface area contributed by atoms with E-state index in [0.717, 1.165) is 16.8 Å². The molecule has 3 N–H and O–H groups in total. The standard InChI is InChI=1S/C19H18N6O3/c1-10-14(17(21)18-19(23-10)25-28-24-18)6-11-2-3-12(8-20)15(7-11)27-13-4-5-16(26)22-9-13/h2-3,7,13H,4-6,9,21H2,1H3,(H,22,26)/t13-/m0/s1. The largest absolute Gasteiger partial charge is 0.487 e. The molecule has 142 valence electrons. The monoisotopic (exact) mass is 378 g/mol. The van der Waals surface area contributed by atoms with Crippen LogP contribution in [-0.4, -0.2) is 33.9 Å². The van der Waals surface area contributed by atoms with Crippen molar-refractivity contribution in [3.8, 4) is 11.8 Å². The Hall–Kier alpha value is -3.67. The van der Waals surface area contributed by atoms with Gasteiger partial charge in [-0.3, -0.25) is 4.79 Å². The average molecular weight is 378 g/mol. The van der Waals surface area contributed by atoms with E-state index < -0.39 is 0 Å². The predicted molar refractivity (Wildman–Crippen MR) is 99.4 cm³/mol. The number of amides is 1. The third kappa shape index (κ3) is 3.32. The summed E-state index contributed by atoms with van der Waals surface area (Å²) in [5.41, 5.74) is 10.5. The highest BCUT2D eigenvalue weighted by Gasteiger charge is 2.21. The fourth-order valence-corrected chi connectivity index (χ4v) is 3.28. The molecule has 1 atom stereocenters. The van der Waals surface area contributed by atoms with E-state index in [9.17, 15) is 10.1 Å². The van der Waals surface area contributed by atoms with Crippen LogP contribution in [0.3, 0.4) is 0 Å². The summed E-state index contributed by atoms with van der Waals surface area (Å²) in [6.45, 7) is 2.28. The topological polar surface area (TPSA) is 140 Å². The minimum Gasteiger partial charge on any atom is -0.487 e. The molecule has 9 nitrogen and oxygen atoms in total.